The van der Waals surface area contributed by atoms with Gasteiger partial charge in [0.15, 0.2) is 0 Å². The van der Waals surface area contributed by atoms with Gasteiger partial charge in [-0.05, 0) is 25.0 Å². The van der Waals surface area contributed by atoms with E-state index in [2.05, 4.69) is 10.3 Å². The zero-order chi connectivity index (χ0) is 13.0. The van der Waals surface area contributed by atoms with Crippen LogP contribution >= 0.6 is 0 Å². The summed E-state index contributed by atoms with van der Waals surface area (Å²) in [6.45, 7) is 0.623. The molecule has 2 unspecified atom stereocenters. The summed E-state index contributed by atoms with van der Waals surface area (Å²) in [4.78, 5) is 15.3. The Morgan fingerprint density at radius 1 is 1.50 bits per heavy atom. The number of hydrogen-bond acceptors (Lipinski definition) is 4. The van der Waals surface area contributed by atoms with Crippen molar-refractivity contribution in [3.8, 4) is 0 Å². The van der Waals surface area contributed by atoms with E-state index in [-0.39, 0.29) is 12.0 Å². The zero-order valence-electron chi connectivity index (χ0n) is 10.3. The number of amides is 1. The number of aliphatic hydroxyl groups is 1. The molecule has 18 heavy (non-hydrogen) atoms. The van der Waals surface area contributed by atoms with Crippen LogP contribution < -0.4 is 11.1 Å². The highest BCUT2D eigenvalue weighted by Crippen LogP contribution is 2.24. The van der Waals surface area contributed by atoms with Crippen molar-refractivity contribution in [3.05, 3.63) is 23.9 Å². The predicted octanol–water partition coefficient (Wildman–Crippen LogP) is 1.14. The molecule has 0 aliphatic heterocycles. The van der Waals surface area contributed by atoms with Crippen molar-refractivity contribution >= 4 is 11.7 Å². The SMILES string of the molecule is NC(=O)c1cccnc1NCC1CCCCC1O. The lowest BCUT2D eigenvalue weighted by Gasteiger charge is -2.27. The number of nitrogens with two attached hydrogens (primary N) is 1. The second-order valence-corrected chi connectivity index (χ2v) is 4.76. The summed E-state index contributed by atoms with van der Waals surface area (Å²) in [5.41, 5.74) is 5.67. The maximum absolute atomic E-state index is 11.2. The summed E-state index contributed by atoms with van der Waals surface area (Å²) < 4.78 is 0. The molecule has 0 radical (unpaired) electrons. The summed E-state index contributed by atoms with van der Waals surface area (Å²) in [7, 11) is 0. The molecule has 1 fully saturated rings. The molecule has 0 bridgehead atoms. The van der Waals surface area contributed by atoms with Gasteiger partial charge in [-0.2, -0.15) is 0 Å². The van der Waals surface area contributed by atoms with Crippen molar-refractivity contribution in [1.82, 2.24) is 4.98 Å². The number of carbonyl (C=O) groups is 1. The quantitative estimate of drug-likeness (QED) is 0.746. The first kappa shape index (κ1) is 12.8. The number of carbonyl (C=O) groups excluding carboxylic acids is 1. The van der Waals surface area contributed by atoms with Gasteiger partial charge in [0.25, 0.3) is 5.91 Å². The average molecular weight is 249 g/mol. The Morgan fingerprint density at radius 2 is 2.28 bits per heavy atom. The average Bonchev–Trinajstić information content (AvgIpc) is 2.38. The minimum absolute atomic E-state index is 0.224. The molecule has 1 aromatic rings. The van der Waals surface area contributed by atoms with Crippen LogP contribution in [0.1, 0.15) is 36.0 Å². The molecular weight excluding hydrogens is 230 g/mol. The molecule has 2 atom stereocenters. The Balaban J connectivity index is 1.99. The highest BCUT2D eigenvalue weighted by molar-refractivity contribution is 5.97. The van der Waals surface area contributed by atoms with Gasteiger partial charge >= 0.3 is 0 Å². The number of primary amides is 1. The van der Waals surface area contributed by atoms with E-state index >= 15 is 0 Å². The van der Waals surface area contributed by atoms with Gasteiger partial charge in [0, 0.05) is 18.7 Å². The fourth-order valence-electron chi connectivity index (χ4n) is 2.40. The Labute approximate surface area is 106 Å². The molecular formula is C13H19N3O2. The van der Waals surface area contributed by atoms with Gasteiger partial charge in [0.1, 0.15) is 5.82 Å². The molecule has 1 saturated carbocycles. The number of anilines is 1. The Kier molecular flexibility index (Phi) is 4.15. The number of aliphatic hydroxyl groups excluding tert-OH is 1. The van der Waals surface area contributed by atoms with Crippen LogP contribution in [0, 0.1) is 5.92 Å². The minimum Gasteiger partial charge on any atom is -0.393 e. The van der Waals surface area contributed by atoms with Crippen LogP contribution in [-0.4, -0.2) is 28.6 Å². The van der Waals surface area contributed by atoms with E-state index in [1.54, 1.807) is 18.3 Å². The van der Waals surface area contributed by atoms with E-state index < -0.39 is 5.91 Å². The smallest absolute Gasteiger partial charge is 0.252 e. The minimum atomic E-state index is -0.491. The highest BCUT2D eigenvalue weighted by atomic mass is 16.3. The van der Waals surface area contributed by atoms with Crippen LogP contribution in [0.2, 0.25) is 0 Å². The Hall–Kier alpha value is -1.62. The van der Waals surface area contributed by atoms with Gasteiger partial charge in [0.05, 0.1) is 11.7 Å². The lowest BCUT2D eigenvalue weighted by atomic mass is 9.86. The van der Waals surface area contributed by atoms with Gasteiger partial charge in [-0.1, -0.05) is 12.8 Å². The highest BCUT2D eigenvalue weighted by Gasteiger charge is 2.23. The summed E-state index contributed by atoms with van der Waals surface area (Å²) in [5, 5.41) is 13.0. The van der Waals surface area contributed by atoms with Crippen molar-refractivity contribution in [2.45, 2.75) is 31.8 Å². The number of hydrogen-bond donors (Lipinski definition) is 3. The Bertz CT molecular complexity index is 422. The van der Waals surface area contributed by atoms with E-state index in [0.717, 1.165) is 25.7 Å². The summed E-state index contributed by atoms with van der Waals surface area (Å²) >= 11 is 0. The Morgan fingerprint density at radius 3 is 3.00 bits per heavy atom. The number of aromatic nitrogens is 1. The molecule has 0 spiro atoms. The van der Waals surface area contributed by atoms with Crippen LogP contribution in [0.25, 0.3) is 0 Å². The summed E-state index contributed by atoms with van der Waals surface area (Å²) in [5.74, 6) is 0.235. The molecule has 1 aliphatic carbocycles. The van der Waals surface area contributed by atoms with Crippen molar-refractivity contribution in [1.29, 1.82) is 0 Å². The number of pyridine rings is 1. The predicted molar refractivity (Wildman–Crippen MR) is 69.2 cm³/mol. The summed E-state index contributed by atoms with van der Waals surface area (Å²) in [6.07, 6.45) is 5.46. The van der Waals surface area contributed by atoms with Crippen molar-refractivity contribution in [2.24, 2.45) is 11.7 Å². The standard InChI is InChI=1S/C13H19N3O2/c14-12(18)10-5-3-7-15-13(10)16-8-9-4-1-2-6-11(9)17/h3,5,7,9,11,17H,1-2,4,6,8H2,(H2,14,18)(H,15,16). The normalized spacial score (nSPS) is 23.6. The van der Waals surface area contributed by atoms with Gasteiger partial charge in [-0.3, -0.25) is 4.79 Å². The van der Waals surface area contributed by atoms with E-state index in [4.69, 9.17) is 5.73 Å². The maximum Gasteiger partial charge on any atom is 0.252 e. The third-order valence-corrected chi connectivity index (χ3v) is 3.47. The van der Waals surface area contributed by atoms with Gasteiger partial charge in [0.2, 0.25) is 0 Å². The molecule has 5 heteroatoms. The van der Waals surface area contributed by atoms with Crippen molar-refractivity contribution in [3.63, 3.8) is 0 Å². The molecule has 0 saturated heterocycles. The van der Waals surface area contributed by atoms with Crippen LogP contribution in [0.4, 0.5) is 5.82 Å². The van der Waals surface area contributed by atoms with Gasteiger partial charge < -0.3 is 16.2 Å². The first-order chi connectivity index (χ1) is 8.68. The van der Waals surface area contributed by atoms with Crippen LogP contribution in [0.15, 0.2) is 18.3 Å². The molecule has 1 heterocycles. The fraction of sp³-hybridized carbons (Fsp3) is 0.538. The molecule has 1 aliphatic rings. The first-order valence-corrected chi connectivity index (χ1v) is 6.35. The molecule has 4 N–H and O–H groups in total. The second-order valence-electron chi connectivity index (χ2n) is 4.76. The maximum atomic E-state index is 11.2. The lowest BCUT2D eigenvalue weighted by Crippen LogP contribution is -2.31. The van der Waals surface area contributed by atoms with E-state index in [9.17, 15) is 9.90 Å². The van der Waals surface area contributed by atoms with E-state index in [1.807, 2.05) is 0 Å². The zero-order valence-corrected chi connectivity index (χ0v) is 10.3. The van der Waals surface area contributed by atoms with Crippen molar-refractivity contribution < 1.29 is 9.90 Å². The van der Waals surface area contributed by atoms with Crippen LogP contribution in [0.5, 0.6) is 0 Å². The summed E-state index contributed by atoms with van der Waals surface area (Å²) in [6, 6.07) is 3.33. The van der Waals surface area contributed by atoms with E-state index in [1.165, 1.54) is 0 Å². The molecule has 2 rings (SSSR count). The number of nitrogens with one attached hydrogen (secondary N) is 1. The monoisotopic (exact) mass is 249 g/mol. The van der Waals surface area contributed by atoms with Crippen LogP contribution in [-0.2, 0) is 0 Å². The number of nitrogens with zero attached hydrogens (tertiary/aromatic N) is 1. The molecule has 1 amide bonds. The van der Waals surface area contributed by atoms with Crippen molar-refractivity contribution in [2.75, 3.05) is 11.9 Å². The largest absolute Gasteiger partial charge is 0.393 e. The molecule has 1 aromatic heterocycles. The topological polar surface area (TPSA) is 88.2 Å². The molecule has 5 nitrogen and oxygen atoms in total. The molecule has 98 valence electrons. The van der Waals surface area contributed by atoms with E-state index in [0.29, 0.717) is 17.9 Å². The van der Waals surface area contributed by atoms with Gasteiger partial charge in [-0.15, -0.1) is 0 Å². The molecule has 0 aromatic carbocycles. The third kappa shape index (κ3) is 2.98. The lowest BCUT2D eigenvalue weighted by molar-refractivity contribution is 0.0763. The number of rotatable bonds is 4. The second kappa shape index (κ2) is 5.82. The first-order valence-electron chi connectivity index (χ1n) is 6.35. The van der Waals surface area contributed by atoms with Crippen LogP contribution in [0.3, 0.4) is 0 Å². The van der Waals surface area contributed by atoms with Gasteiger partial charge in [-0.25, -0.2) is 4.98 Å². The third-order valence-electron chi connectivity index (χ3n) is 3.47. The fourth-order valence-corrected chi connectivity index (χ4v) is 2.40.